The Hall–Kier alpha value is -2.74. The van der Waals surface area contributed by atoms with Gasteiger partial charge >= 0.3 is 0 Å². The maximum absolute atomic E-state index is 12.2. The molecule has 2 rings (SSSR count). The van der Waals surface area contributed by atoms with Crippen LogP contribution >= 0.6 is 0 Å². The number of nitrogens with one attached hydrogen (secondary N) is 2. The van der Waals surface area contributed by atoms with Crippen LogP contribution in [0.25, 0.3) is 11.1 Å². The third kappa shape index (κ3) is 5.13. The van der Waals surface area contributed by atoms with E-state index in [1.54, 1.807) is 0 Å². The molecule has 0 bridgehead atoms. The van der Waals surface area contributed by atoms with Crippen molar-refractivity contribution in [2.75, 3.05) is 0 Å². The van der Waals surface area contributed by atoms with E-state index in [2.05, 4.69) is 5.32 Å². The topological polar surface area (TPSA) is 125 Å². The highest BCUT2D eigenvalue weighted by Crippen LogP contribution is 2.19. The van der Waals surface area contributed by atoms with Crippen LogP contribution in [0.1, 0.15) is 12.5 Å². The fourth-order valence-corrected chi connectivity index (χ4v) is 2.55. The minimum absolute atomic E-state index is 0.272. The molecule has 0 aromatic heterocycles. The van der Waals surface area contributed by atoms with E-state index in [1.165, 1.54) is 12.4 Å². The summed E-state index contributed by atoms with van der Waals surface area (Å²) in [4.78, 5) is 23.6. The van der Waals surface area contributed by atoms with Crippen molar-refractivity contribution >= 4 is 11.8 Å². The van der Waals surface area contributed by atoms with E-state index in [0.29, 0.717) is 0 Å². The fourth-order valence-electron chi connectivity index (χ4n) is 2.55. The number of amides is 2. The van der Waals surface area contributed by atoms with Crippen molar-refractivity contribution in [3.63, 3.8) is 0 Å². The number of hydroxylamine groups is 1. The van der Waals surface area contributed by atoms with Crippen LogP contribution in [-0.2, 0) is 16.0 Å². The Morgan fingerprint density at radius 2 is 1.58 bits per heavy atom. The molecule has 0 aliphatic heterocycles. The summed E-state index contributed by atoms with van der Waals surface area (Å²) < 4.78 is 0. The Balaban J connectivity index is 1.99. The lowest BCUT2D eigenvalue weighted by molar-refractivity contribution is -0.137. The molecule has 6 N–H and O–H groups in total. The maximum Gasteiger partial charge on any atom is 0.268 e. The Morgan fingerprint density at radius 3 is 2.12 bits per heavy atom. The average Bonchev–Trinajstić information content (AvgIpc) is 2.66. The van der Waals surface area contributed by atoms with Gasteiger partial charge in [0.25, 0.3) is 5.91 Å². The van der Waals surface area contributed by atoms with Gasteiger partial charge in [0, 0.05) is 0 Å². The van der Waals surface area contributed by atoms with Crippen molar-refractivity contribution in [3.8, 4) is 11.1 Å². The molecule has 2 amide bonds. The first kappa shape index (κ1) is 19.6. The molecular weight excluding hydrogens is 334 g/mol. The zero-order valence-electron chi connectivity index (χ0n) is 14.4. The molecule has 0 aliphatic carbocycles. The molecule has 138 valence electrons. The second-order valence-electron chi connectivity index (χ2n) is 6.08. The summed E-state index contributed by atoms with van der Waals surface area (Å²) in [5, 5.41) is 20.6. The summed E-state index contributed by atoms with van der Waals surface area (Å²) in [6.07, 6.45) is -0.905. The molecule has 0 aliphatic rings. The van der Waals surface area contributed by atoms with Gasteiger partial charge in [-0.3, -0.25) is 14.8 Å². The summed E-state index contributed by atoms with van der Waals surface area (Å²) >= 11 is 0. The van der Waals surface area contributed by atoms with Crippen molar-refractivity contribution in [3.05, 3.63) is 60.2 Å². The molecule has 26 heavy (non-hydrogen) atoms. The van der Waals surface area contributed by atoms with Gasteiger partial charge in [-0.1, -0.05) is 54.6 Å². The van der Waals surface area contributed by atoms with Crippen LogP contribution in [-0.4, -0.2) is 40.3 Å². The summed E-state index contributed by atoms with van der Waals surface area (Å²) in [7, 11) is 0. The number of rotatable bonds is 7. The molecule has 0 radical (unpaired) electrons. The van der Waals surface area contributed by atoms with E-state index in [-0.39, 0.29) is 6.42 Å². The minimum Gasteiger partial charge on any atom is -0.391 e. The van der Waals surface area contributed by atoms with Gasteiger partial charge in [-0.15, -0.1) is 0 Å². The molecule has 3 atom stereocenters. The number of aliphatic hydroxyl groups excluding tert-OH is 1. The van der Waals surface area contributed by atoms with Crippen molar-refractivity contribution in [1.82, 2.24) is 10.8 Å². The van der Waals surface area contributed by atoms with E-state index >= 15 is 0 Å². The molecule has 0 heterocycles. The third-order valence-electron chi connectivity index (χ3n) is 4.03. The molecule has 0 spiro atoms. The van der Waals surface area contributed by atoms with E-state index in [4.69, 9.17) is 10.9 Å². The normalized spacial score (nSPS) is 14.2. The van der Waals surface area contributed by atoms with Crippen molar-refractivity contribution < 1.29 is 19.9 Å². The van der Waals surface area contributed by atoms with E-state index < -0.39 is 30.0 Å². The summed E-state index contributed by atoms with van der Waals surface area (Å²) in [6.45, 7) is 1.33. The Bertz CT molecular complexity index is 732. The van der Waals surface area contributed by atoms with Crippen LogP contribution in [0.2, 0.25) is 0 Å². The van der Waals surface area contributed by atoms with Gasteiger partial charge in [-0.05, 0) is 30.0 Å². The lowest BCUT2D eigenvalue weighted by Gasteiger charge is -2.21. The first-order chi connectivity index (χ1) is 12.4. The van der Waals surface area contributed by atoms with Crippen molar-refractivity contribution in [2.24, 2.45) is 5.73 Å². The maximum atomic E-state index is 12.2. The zero-order chi connectivity index (χ0) is 19.1. The molecule has 0 saturated heterocycles. The third-order valence-corrected chi connectivity index (χ3v) is 4.03. The van der Waals surface area contributed by atoms with Crippen LogP contribution in [0, 0.1) is 0 Å². The molecule has 2 aromatic rings. The van der Waals surface area contributed by atoms with Gasteiger partial charge in [-0.2, -0.15) is 0 Å². The number of carbonyl (C=O) groups is 2. The van der Waals surface area contributed by atoms with Gasteiger partial charge < -0.3 is 16.2 Å². The lowest BCUT2D eigenvalue weighted by atomic mass is 10.0. The predicted octanol–water partition coefficient (Wildman–Crippen LogP) is 0.594. The monoisotopic (exact) mass is 357 g/mol. The minimum atomic E-state index is -1.28. The second kappa shape index (κ2) is 9.10. The van der Waals surface area contributed by atoms with Gasteiger partial charge in [0.05, 0.1) is 12.1 Å². The molecule has 7 nitrogen and oxygen atoms in total. The van der Waals surface area contributed by atoms with Crippen molar-refractivity contribution in [2.45, 2.75) is 31.5 Å². The molecule has 0 fully saturated rings. The Kier molecular flexibility index (Phi) is 6.85. The quantitative estimate of drug-likeness (QED) is 0.366. The predicted molar refractivity (Wildman–Crippen MR) is 97.1 cm³/mol. The molecule has 2 aromatic carbocycles. The van der Waals surface area contributed by atoms with E-state index in [1.807, 2.05) is 54.6 Å². The lowest BCUT2D eigenvalue weighted by Crippen LogP contribution is -2.55. The van der Waals surface area contributed by atoms with E-state index in [0.717, 1.165) is 16.7 Å². The van der Waals surface area contributed by atoms with Gasteiger partial charge in [0.1, 0.15) is 6.04 Å². The Morgan fingerprint density at radius 1 is 1.00 bits per heavy atom. The number of aliphatic hydroxyl groups is 1. The number of nitrogens with two attached hydrogens (primary N) is 1. The number of hydrogen-bond acceptors (Lipinski definition) is 5. The second-order valence-corrected chi connectivity index (χ2v) is 6.08. The SMILES string of the molecule is C[C@@H](O)[C@H](NC(=O)[C@@H](N)Cc1ccc(-c2ccccc2)cc1)C(=O)NO. The molecule has 0 saturated carbocycles. The van der Waals surface area contributed by atoms with Gasteiger partial charge in [-0.25, -0.2) is 5.48 Å². The van der Waals surface area contributed by atoms with Crippen LogP contribution in [0.4, 0.5) is 0 Å². The highest BCUT2D eigenvalue weighted by Gasteiger charge is 2.27. The molecule has 0 unspecified atom stereocenters. The Labute approximate surface area is 151 Å². The number of hydrogen-bond donors (Lipinski definition) is 5. The van der Waals surface area contributed by atoms with E-state index in [9.17, 15) is 14.7 Å². The standard InChI is InChI=1S/C19H23N3O4/c1-12(23)17(19(25)22-26)21-18(24)16(20)11-13-7-9-15(10-8-13)14-5-3-2-4-6-14/h2-10,12,16-17,23,26H,11,20H2,1H3,(H,21,24)(H,22,25)/t12-,16+,17+/m1/s1. The fraction of sp³-hybridized carbons (Fsp3) is 0.263. The largest absolute Gasteiger partial charge is 0.391 e. The van der Waals surface area contributed by atoms with Crippen LogP contribution in [0.5, 0.6) is 0 Å². The molecule has 7 heteroatoms. The number of benzene rings is 2. The van der Waals surface area contributed by atoms with Crippen LogP contribution in [0.3, 0.4) is 0 Å². The van der Waals surface area contributed by atoms with Gasteiger partial charge in [0.15, 0.2) is 0 Å². The summed E-state index contributed by atoms with van der Waals surface area (Å²) in [6, 6.07) is 15.4. The summed E-state index contributed by atoms with van der Waals surface area (Å²) in [5.41, 5.74) is 10.3. The van der Waals surface area contributed by atoms with Crippen LogP contribution in [0.15, 0.2) is 54.6 Å². The van der Waals surface area contributed by atoms with Gasteiger partial charge in [0.2, 0.25) is 5.91 Å². The van der Waals surface area contributed by atoms with Crippen molar-refractivity contribution in [1.29, 1.82) is 0 Å². The highest BCUT2D eigenvalue weighted by molar-refractivity contribution is 5.89. The first-order valence-electron chi connectivity index (χ1n) is 8.24. The summed E-state index contributed by atoms with van der Waals surface area (Å²) in [5.74, 6) is -1.50. The highest BCUT2D eigenvalue weighted by atomic mass is 16.5. The number of carbonyl (C=O) groups excluding carboxylic acids is 2. The zero-order valence-corrected chi connectivity index (χ0v) is 14.4. The first-order valence-corrected chi connectivity index (χ1v) is 8.24. The molecular formula is C19H23N3O4. The smallest absolute Gasteiger partial charge is 0.268 e. The van der Waals surface area contributed by atoms with Crippen LogP contribution < -0.4 is 16.5 Å². The average molecular weight is 357 g/mol.